The fraction of sp³-hybridized carbons (Fsp3) is 1.00. The third-order valence-electron chi connectivity index (χ3n) is 2.18. The number of ether oxygens (including phenoxy) is 2. The van der Waals surface area contributed by atoms with Gasteiger partial charge >= 0.3 is 0 Å². The molecule has 7 heteroatoms. The summed E-state index contributed by atoms with van der Waals surface area (Å²) >= 11 is 0. The Kier molecular flexibility index (Phi) is 4.41. The molecule has 0 amide bonds. The number of hydrogen-bond donors (Lipinski definition) is 5. The first-order valence-electron chi connectivity index (χ1n) is 4.61. The highest BCUT2D eigenvalue weighted by molar-refractivity contribution is 4.88. The molecule has 7 nitrogen and oxygen atoms in total. The van der Waals surface area contributed by atoms with Crippen molar-refractivity contribution in [3.05, 3.63) is 0 Å². The molecule has 15 heavy (non-hydrogen) atoms. The van der Waals surface area contributed by atoms with Crippen LogP contribution >= 0.6 is 0 Å². The van der Waals surface area contributed by atoms with Crippen molar-refractivity contribution in [2.45, 2.75) is 43.9 Å². The van der Waals surface area contributed by atoms with Gasteiger partial charge in [-0.3, -0.25) is 0 Å². The van der Waals surface area contributed by atoms with Crippen LogP contribution in [0.5, 0.6) is 0 Å². The molecular formula is C8H16O7. The summed E-state index contributed by atoms with van der Waals surface area (Å²) in [5.41, 5.74) is 0. The van der Waals surface area contributed by atoms with Crippen LogP contribution in [0.2, 0.25) is 0 Å². The van der Waals surface area contributed by atoms with E-state index >= 15 is 0 Å². The summed E-state index contributed by atoms with van der Waals surface area (Å²) in [6.45, 7) is 0.784. The molecule has 6 atom stereocenters. The maximum Gasteiger partial charge on any atom is 0.189 e. The van der Waals surface area contributed by atoms with E-state index < -0.39 is 43.6 Å². The summed E-state index contributed by atoms with van der Waals surface area (Å²) in [6, 6.07) is 0. The Morgan fingerprint density at radius 1 is 1.20 bits per heavy atom. The van der Waals surface area contributed by atoms with Gasteiger partial charge in [0.2, 0.25) is 0 Å². The second kappa shape index (κ2) is 5.17. The van der Waals surface area contributed by atoms with Crippen molar-refractivity contribution in [2.75, 3.05) is 6.61 Å². The molecular weight excluding hydrogens is 208 g/mol. The summed E-state index contributed by atoms with van der Waals surface area (Å²) in [7, 11) is 0. The summed E-state index contributed by atoms with van der Waals surface area (Å²) in [4.78, 5) is 0. The highest BCUT2D eigenvalue weighted by atomic mass is 16.7. The van der Waals surface area contributed by atoms with E-state index in [1.165, 1.54) is 6.92 Å². The minimum Gasteiger partial charge on any atom is -0.394 e. The zero-order chi connectivity index (χ0) is 11.6. The van der Waals surface area contributed by atoms with Gasteiger partial charge in [0.1, 0.15) is 24.4 Å². The van der Waals surface area contributed by atoms with Crippen molar-refractivity contribution in [1.29, 1.82) is 0 Å². The number of aliphatic hydroxyl groups is 5. The Hall–Kier alpha value is -0.280. The lowest BCUT2D eigenvalue weighted by Gasteiger charge is -2.39. The Bertz CT molecular complexity index is 195. The van der Waals surface area contributed by atoms with Crippen LogP contribution in [0.25, 0.3) is 0 Å². The van der Waals surface area contributed by atoms with E-state index in [-0.39, 0.29) is 0 Å². The van der Waals surface area contributed by atoms with Crippen molar-refractivity contribution >= 4 is 0 Å². The topological polar surface area (TPSA) is 120 Å². The predicted molar refractivity (Wildman–Crippen MR) is 46.5 cm³/mol. The monoisotopic (exact) mass is 224 g/mol. The first-order chi connectivity index (χ1) is 6.97. The van der Waals surface area contributed by atoms with Crippen LogP contribution in [0.3, 0.4) is 0 Å². The minimum atomic E-state index is -1.49. The first kappa shape index (κ1) is 12.8. The molecule has 2 unspecified atom stereocenters. The van der Waals surface area contributed by atoms with E-state index in [0.29, 0.717) is 0 Å². The fourth-order valence-electron chi connectivity index (χ4n) is 1.37. The van der Waals surface area contributed by atoms with Crippen LogP contribution < -0.4 is 0 Å². The quantitative estimate of drug-likeness (QED) is 0.327. The molecule has 0 aromatic carbocycles. The van der Waals surface area contributed by atoms with Gasteiger partial charge in [0.25, 0.3) is 0 Å². The maximum absolute atomic E-state index is 9.42. The van der Waals surface area contributed by atoms with Gasteiger partial charge in [0, 0.05) is 0 Å². The molecule has 0 aliphatic carbocycles. The van der Waals surface area contributed by atoms with Gasteiger partial charge in [-0.25, -0.2) is 0 Å². The smallest absolute Gasteiger partial charge is 0.189 e. The van der Waals surface area contributed by atoms with Crippen LogP contribution in [0.4, 0.5) is 0 Å². The number of rotatable bonds is 3. The molecule has 1 fully saturated rings. The largest absolute Gasteiger partial charge is 0.394 e. The molecule has 1 aliphatic heterocycles. The molecule has 0 saturated carbocycles. The molecule has 1 rings (SSSR count). The zero-order valence-electron chi connectivity index (χ0n) is 8.22. The van der Waals surface area contributed by atoms with E-state index in [2.05, 4.69) is 0 Å². The lowest BCUT2D eigenvalue weighted by molar-refractivity contribution is -0.328. The second-order valence-corrected chi connectivity index (χ2v) is 3.43. The van der Waals surface area contributed by atoms with Crippen molar-refractivity contribution in [3.63, 3.8) is 0 Å². The molecule has 5 N–H and O–H groups in total. The Morgan fingerprint density at radius 3 is 2.27 bits per heavy atom. The van der Waals surface area contributed by atoms with E-state index in [4.69, 9.17) is 19.7 Å². The lowest BCUT2D eigenvalue weighted by Crippen LogP contribution is -2.59. The maximum atomic E-state index is 9.42. The molecule has 0 aromatic rings. The molecule has 0 spiro atoms. The SMILES string of the molecule is CC(O)OC1O[C@H](CO)[C@@H](O)[C@H](O)[C@H]1O. The summed E-state index contributed by atoms with van der Waals surface area (Å²) < 4.78 is 9.70. The highest BCUT2D eigenvalue weighted by Crippen LogP contribution is 2.22. The normalized spacial score (nSPS) is 44.0. The van der Waals surface area contributed by atoms with Crippen LogP contribution in [-0.4, -0.2) is 69.1 Å². The van der Waals surface area contributed by atoms with Crippen LogP contribution in [0.15, 0.2) is 0 Å². The Morgan fingerprint density at radius 2 is 1.80 bits per heavy atom. The first-order valence-corrected chi connectivity index (χ1v) is 4.61. The van der Waals surface area contributed by atoms with E-state index in [9.17, 15) is 15.3 Å². The number of hydrogen-bond acceptors (Lipinski definition) is 7. The van der Waals surface area contributed by atoms with Crippen molar-refractivity contribution in [3.8, 4) is 0 Å². The summed E-state index contributed by atoms with van der Waals surface area (Å²) in [5, 5.41) is 45.9. The molecule has 1 saturated heterocycles. The van der Waals surface area contributed by atoms with E-state index in [1.54, 1.807) is 0 Å². The molecule has 1 heterocycles. The predicted octanol–water partition coefficient (Wildman–Crippen LogP) is -2.86. The van der Waals surface area contributed by atoms with Gasteiger partial charge in [-0.1, -0.05) is 0 Å². The van der Waals surface area contributed by atoms with Gasteiger partial charge in [0.05, 0.1) is 6.61 Å². The lowest BCUT2D eigenvalue weighted by atomic mass is 9.99. The Balaban J connectivity index is 2.65. The van der Waals surface area contributed by atoms with Gasteiger partial charge in [-0.2, -0.15) is 0 Å². The van der Waals surface area contributed by atoms with Gasteiger partial charge < -0.3 is 35.0 Å². The van der Waals surface area contributed by atoms with Crippen LogP contribution in [0.1, 0.15) is 6.92 Å². The van der Waals surface area contributed by atoms with Crippen molar-refractivity contribution in [2.24, 2.45) is 0 Å². The van der Waals surface area contributed by atoms with Gasteiger partial charge in [-0.05, 0) is 6.92 Å². The average Bonchev–Trinajstić information content (AvgIpc) is 2.18. The third kappa shape index (κ3) is 2.85. The number of aliphatic hydroxyl groups excluding tert-OH is 5. The average molecular weight is 224 g/mol. The summed E-state index contributed by atoms with van der Waals surface area (Å²) in [6.07, 6.45) is -7.87. The highest BCUT2D eigenvalue weighted by Gasteiger charge is 2.44. The van der Waals surface area contributed by atoms with E-state index in [0.717, 1.165) is 0 Å². The second-order valence-electron chi connectivity index (χ2n) is 3.43. The fourth-order valence-corrected chi connectivity index (χ4v) is 1.37. The van der Waals surface area contributed by atoms with Crippen LogP contribution in [0, 0.1) is 0 Å². The van der Waals surface area contributed by atoms with Crippen molar-refractivity contribution < 1.29 is 35.0 Å². The molecule has 0 aromatic heterocycles. The Labute approximate surface area is 86.5 Å². The third-order valence-corrected chi connectivity index (χ3v) is 2.18. The van der Waals surface area contributed by atoms with Crippen LogP contribution in [-0.2, 0) is 9.47 Å². The van der Waals surface area contributed by atoms with Crippen molar-refractivity contribution in [1.82, 2.24) is 0 Å². The van der Waals surface area contributed by atoms with Gasteiger partial charge in [0.15, 0.2) is 12.6 Å². The minimum absolute atomic E-state index is 0.523. The molecule has 0 bridgehead atoms. The van der Waals surface area contributed by atoms with E-state index in [1.807, 2.05) is 0 Å². The molecule has 1 aliphatic rings. The summed E-state index contributed by atoms with van der Waals surface area (Å²) in [5.74, 6) is 0. The molecule has 90 valence electrons. The molecule has 0 radical (unpaired) electrons. The standard InChI is InChI=1S/C8H16O7/c1-3(10)14-8-7(13)6(12)5(11)4(2-9)15-8/h3-13H,2H2,1H3/t3?,4-,5-,6+,7-,8?/m1/s1. The van der Waals surface area contributed by atoms with Gasteiger partial charge in [-0.15, -0.1) is 0 Å². The zero-order valence-corrected chi connectivity index (χ0v) is 8.22.